The quantitative estimate of drug-likeness (QED) is 0.850. The predicted octanol–water partition coefficient (Wildman–Crippen LogP) is 1.93. The van der Waals surface area contributed by atoms with E-state index >= 15 is 0 Å². The van der Waals surface area contributed by atoms with Crippen molar-refractivity contribution in [1.29, 1.82) is 0 Å². The van der Waals surface area contributed by atoms with Gasteiger partial charge >= 0.3 is 0 Å². The van der Waals surface area contributed by atoms with Crippen LogP contribution in [0.3, 0.4) is 0 Å². The topological polar surface area (TPSA) is 34.1 Å². The standard InChI is InChI=1S/C12H18N2OS/c1-15-12-6-10(2-4-14-12)7-13-8-11-3-5-16-9-11/h2,4,6,11,13H,3,5,7-9H2,1H3. The number of hydrogen-bond donors (Lipinski definition) is 1. The fraction of sp³-hybridized carbons (Fsp3) is 0.583. The molecule has 0 saturated carbocycles. The Labute approximate surface area is 101 Å². The molecule has 1 fully saturated rings. The van der Waals surface area contributed by atoms with Gasteiger partial charge in [-0.2, -0.15) is 11.8 Å². The zero-order valence-corrected chi connectivity index (χ0v) is 10.4. The largest absolute Gasteiger partial charge is 0.481 e. The van der Waals surface area contributed by atoms with Gasteiger partial charge in [-0.15, -0.1) is 0 Å². The number of ether oxygens (including phenoxy) is 1. The Bertz CT molecular complexity index is 327. The van der Waals surface area contributed by atoms with Crippen molar-refractivity contribution in [3.63, 3.8) is 0 Å². The van der Waals surface area contributed by atoms with Crippen molar-refractivity contribution in [1.82, 2.24) is 10.3 Å². The molecule has 2 heterocycles. The molecule has 0 aromatic carbocycles. The van der Waals surface area contributed by atoms with Crippen molar-refractivity contribution in [2.24, 2.45) is 5.92 Å². The van der Waals surface area contributed by atoms with Crippen LogP contribution in [0.4, 0.5) is 0 Å². The van der Waals surface area contributed by atoms with Gasteiger partial charge in [-0.1, -0.05) is 0 Å². The average Bonchev–Trinajstić information content (AvgIpc) is 2.82. The minimum Gasteiger partial charge on any atom is -0.481 e. The van der Waals surface area contributed by atoms with Gasteiger partial charge in [0.05, 0.1) is 7.11 Å². The number of rotatable bonds is 5. The van der Waals surface area contributed by atoms with Crippen LogP contribution in [0.2, 0.25) is 0 Å². The molecule has 88 valence electrons. The van der Waals surface area contributed by atoms with E-state index in [2.05, 4.69) is 22.1 Å². The van der Waals surface area contributed by atoms with Crippen molar-refractivity contribution in [3.05, 3.63) is 23.9 Å². The minimum absolute atomic E-state index is 0.690. The van der Waals surface area contributed by atoms with Crippen molar-refractivity contribution < 1.29 is 4.74 Å². The third-order valence-electron chi connectivity index (χ3n) is 2.79. The molecule has 0 aliphatic carbocycles. The minimum atomic E-state index is 0.690. The Morgan fingerprint density at radius 2 is 2.56 bits per heavy atom. The second-order valence-corrected chi connectivity index (χ2v) is 5.22. The van der Waals surface area contributed by atoms with Gasteiger partial charge in [0.15, 0.2) is 0 Å². The van der Waals surface area contributed by atoms with Crippen LogP contribution in [0.25, 0.3) is 0 Å². The van der Waals surface area contributed by atoms with Crippen molar-refractivity contribution in [2.75, 3.05) is 25.2 Å². The first kappa shape index (κ1) is 11.7. The van der Waals surface area contributed by atoms with Crippen molar-refractivity contribution in [2.45, 2.75) is 13.0 Å². The SMILES string of the molecule is COc1cc(CNCC2CCSC2)ccn1. The summed E-state index contributed by atoms with van der Waals surface area (Å²) in [4.78, 5) is 4.09. The van der Waals surface area contributed by atoms with Crippen LogP contribution in [-0.2, 0) is 6.54 Å². The van der Waals surface area contributed by atoms with Crippen LogP contribution in [0.5, 0.6) is 5.88 Å². The number of nitrogens with zero attached hydrogens (tertiary/aromatic N) is 1. The van der Waals surface area contributed by atoms with E-state index in [0.29, 0.717) is 5.88 Å². The molecule has 0 amide bonds. The van der Waals surface area contributed by atoms with Crippen LogP contribution in [0.15, 0.2) is 18.3 Å². The highest BCUT2D eigenvalue weighted by atomic mass is 32.2. The maximum atomic E-state index is 5.09. The van der Waals surface area contributed by atoms with Gasteiger partial charge in [0.25, 0.3) is 0 Å². The van der Waals surface area contributed by atoms with E-state index < -0.39 is 0 Å². The molecular formula is C12H18N2OS. The summed E-state index contributed by atoms with van der Waals surface area (Å²) in [7, 11) is 1.65. The van der Waals surface area contributed by atoms with Crippen LogP contribution >= 0.6 is 11.8 Å². The third-order valence-corrected chi connectivity index (χ3v) is 4.03. The van der Waals surface area contributed by atoms with E-state index in [0.717, 1.165) is 19.0 Å². The van der Waals surface area contributed by atoms with Gasteiger partial charge in [0.1, 0.15) is 0 Å². The summed E-state index contributed by atoms with van der Waals surface area (Å²) in [5.74, 6) is 4.19. The van der Waals surface area contributed by atoms with Crippen LogP contribution in [-0.4, -0.2) is 30.1 Å². The summed E-state index contributed by atoms with van der Waals surface area (Å²) < 4.78 is 5.09. The Morgan fingerprint density at radius 1 is 1.62 bits per heavy atom. The van der Waals surface area contributed by atoms with Crippen LogP contribution in [0, 0.1) is 5.92 Å². The van der Waals surface area contributed by atoms with Gasteiger partial charge in [-0.3, -0.25) is 0 Å². The van der Waals surface area contributed by atoms with E-state index in [9.17, 15) is 0 Å². The summed E-state index contributed by atoms with van der Waals surface area (Å²) >= 11 is 2.06. The number of nitrogens with one attached hydrogen (secondary N) is 1. The van der Waals surface area contributed by atoms with Gasteiger partial charge in [-0.05, 0) is 42.0 Å². The Hall–Kier alpha value is -0.740. The van der Waals surface area contributed by atoms with Crippen LogP contribution in [0.1, 0.15) is 12.0 Å². The second-order valence-electron chi connectivity index (χ2n) is 4.07. The maximum absolute atomic E-state index is 5.09. The van der Waals surface area contributed by atoms with E-state index in [1.54, 1.807) is 13.3 Å². The molecule has 1 aliphatic heterocycles. The molecule has 0 bridgehead atoms. The first-order valence-electron chi connectivity index (χ1n) is 5.66. The Morgan fingerprint density at radius 3 is 3.31 bits per heavy atom. The van der Waals surface area contributed by atoms with Crippen molar-refractivity contribution >= 4 is 11.8 Å². The van der Waals surface area contributed by atoms with Gasteiger partial charge in [0, 0.05) is 18.8 Å². The molecule has 4 heteroatoms. The lowest BCUT2D eigenvalue weighted by atomic mass is 10.1. The van der Waals surface area contributed by atoms with Gasteiger partial charge in [-0.25, -0.2) is 4.98 Å². The van der Waals surface area contributed by atoms with E-state index in [1.807, 2.05) is 12.1 Å². The van der Waals surface area contributed by atoms with Gasteiger partial charge in [0.2, 0.25) is 5.88 Å². The smallest absolute Gasteiger partial charge is 0.213 e. The highest BCUT2D eigenvalue weighted by Gasteiger charge is 2.14. The normalized spacial score (nSPS) is 19.9. The van der Waals surface area contributed by atoms with Crippen LogP contribution < -0.4 is 10.1 Å². The molecule has 2 rings (SSSR count). The Kier molecular flexibility index (Phi) is 4.48. The molecule has 1 aromatic heterocycles. The first-order chi connectivity index (χ1) is 7.88. The molecule has 1 N–H and O–H groups in total. The zero-order valence-electron chi connectivity index (χ0n) is 9.61. The predicted molar refractivity (Wildman–Crippen MR) is 67.9 cm³/mol. The third kappa shape index (κ3) is 3.39. The number of hydrogen-bond acceptors (Lipinski definition) is 4. The average molecular weight is 238 g/mol. The van der Waals surface area contributed by atoms with E-state index in [-0.39, 0.29) is 0 Å². The lowest BCUT2D eigenvalue weighted by Crippen LogP contribution is -2.22. The summed E-state index contributed by atoms with van der Waals surface area (Å²) in [6.45, 7) is 2.03. The van der Waals surface area contributed by atoms with Gasteiger partial charge < -0.3 is 10.1 Å². The maximum Gasteiger partial charge on any atom is 0.213 e. The fourth-order valence-electron chi connectivity index (χ4n) is 1.84. The fourth-order valence-corrected chi connectivity index (χ4v) is 3.12. The molecule has 0 spiro atoms. The molecule has 16 heavy (non-hydrogen) atoms. The molecular weight excluding hydrogens is 220 g/mol. The molecule has 1 saturated heterocycles. The zero-order chi connectivity index (χ0) is 11.2. The number of aromatic nitrogens is 1. The first-order valence-corrected chi connectivity index (χ1v) is 6.81. The molecule has 3 nitrogen and oxygen atoms in total. The lowest BCUT2D eigenvalue weighted by Gasteiger charge is -2.10. The molecule has 1 aromatic rings. The molecule has 1 unspecified atom stereocenters. The summed E-state index contributed by atoms with van der Waals surface area (Å²) in [6.07, 6.45) is 3.15. The molecule has 1 aliphatic rings. The highest BCUT2D eigenvalue weighted by molar-refractivity contribution is 7.99. The van der Waals surface area contributed by atoms with Crippen molar-refractivity contribution in [3.8, 4) is 5.88 Å². The second kappa shape index (κ2) is 6.11. The molecule has 1 atom stereocenters. The number of thioether (sulfide) groups is 1. The van der Waals surface area contributed by atoms with E-state index in [1.165, 1.54) is 23.5 Å². The summed E-state index contributed by atoms with van der Waals surface area (Å²) in [6, 6.07) is 4.01. The summed E-state index contributed by atoms with van der Waals surface area (Å²) in [5, 5.41) is 3.50. The monoisotopic (exact) mass is 238 g/mol. The highest BCUT2D eigenvalue weighted by Crippen LogP contribution is 2.22. The number of pyridine rings is 1. The Balaban J connectivity index is 1.75. The lowest BCUT2D eigenvalue weighted by molar-refractivity contribution is 0.397. The summed E-state index contributed by atoms with van der Waals surface area (Å²) in [5.41, 5.74) is 1.23. The molecule has 0 radical (unpaired) electrons. The van der Waals surface area contributed by atoms with E-state index in [4.69, 9.17) is 4.74 Å². The number of methoxy groups -OCH3 is 1.